The Morgan fingerprint density at radius 1 is 1.18 bits per heavy atom. The minimum atomic E-state index is -0.219. The van der Waals surface area contributed by atoms with Crippen LogP contribution in [0.25, 0.3) is 6.08 Å². The molecule has 1 saturated heterocycles. The van der Waals surface area contributed by atoms with Gasteiger partial charge in [-0.2, -0.15) is 0 Å². The largest absolute Gasteiger partial charge is 0.507 e. The first kappa shape index (κ1) is 19.3. The van der Waals surface area contributed by atoms with Crippen molar-refractivity contribution in [3.63, 3.8) is 0 Å². The van der Waals surface area contributed by atoms with E-state index >= 15 is 0 Å². The molecule has 0 atom stereocenters. The van der Waals surface area contributed by atoms with E-state index in [-0.39, 0.29) is 17.3 Å². The summed E-state index contributed by atoms with van der Waals surface area (Å²) >= 11 is 12.5. The molecule has 28 heavy (non-hydrogen) atoms. The monoisotopic (exact) mass is 417 g/mol. The summed E-state index contributed by atoms with van der Waals surface area (Å²) in [6.45, 7) is 4.32. The third-order valence-corrected chi connectivity index (χ3v) is 5.99. The van der Waals surface area contributed by atoms with E-state index in [9.17, 15) is 9.90 Å². The van der Waals surface area contributed by atoms with E-state index in [1.165, 1.54) is 6.42 Å². The molecule has 0 radical (unpaired) electrons. The predicted octanol–water partition coefficient (Wildman–Crippen LogP) is 5.61. The van der Waals surface area contributed by atoms with Crippen molar-refractivity contribution < 1.29 is 14.6 Å². The van der Waals surface area contributed by atoms with E-state index in [2.05, 4.69) is 4.90 Å². The van der Waals surface area contributed by atoms with Gasteiger partial charge in [0.2, 0.25) is 5.78 Å². The van der Waals surface area contributed by atoms with Gasteiger partial charge in [0.15, 0.2) is 5.76 Å². The fourth-order valence-electron chi connectivity index (χ4n) is 3.85. The van der Waals surface area contributed by atoms with Crippen LogP contribution in [0.5, 0.6) is 11.5 Å². The highest BCUT2D eigenvalue weighted by atomic mass is 35.5. The van der Waals surface area contributed by atoms with Gasteiger partial charge in [-0.05, 0) is 62.7 Å². The summed E-state index contributed by atoms with van der Waals surface area (Å²) in [6.07, 6.45) is 5.10. The molecule has 0 aliphatic carbocycles. The zero-order valence-corrected chi connectivity index (χ0v) is 17.1. The Bertz CT molecular complexity index is 958. The Balaban J connectivity index is 1.74. The molecule has 2 heterocycles. The van der Waals surface area contributed by atoms with Crippen molar-refractivity contribution in [2.75, 3.05) is 13.1 Å². The minimum absolute atomic E-state index is 0.159. The van der Waals surface area contributed by atoms with Gasteiger partial charge in [-0.1, -0.05) is 35.7 Å². The number of hydrogen-bond acceptors (Lipinski definition) is 4. The molecule has 0 aromatic heterocycles. The molecule has 1 fully saturated rings. The topological polar surface area (TPSA) is 49.8 Å². The van der Waals surface area contributed by atoms with Crippen molar-refractivity contribution >= 4 is 35.1 Å². The molecule has 2 aliphatic heterocycles. The van der Waals surface area contributed by atoms with Gasteiger partial charge in [-0.15, -0.1) is 0 Å². The number of fused-ring (bicyclic) bond motifs is 1. The zero-order chi connectivity index (χ0) is 19.8. The van der Waals surface area contributed by atoms with Crippen molar-refractivity contribution in [1.29, 1.82) is 0 Å². The molecule has 1 N–H and O–H groups in total. The molecule has 2 aliphatic rings. The van der Waals surface area contributed by atoms with Crippen LogP contribution in [0.4, 0.5) is 0 Å². The molecular weight excluding hydrogens is 397 g/mol. The van der Waals surface area contributed by atoms with Crippen LogP contribution in [0.3, 0.4) is 0 Å². The first-order valence-corrected chi connectivity index (χ1v) is 10.2. The van der Waals surface area contributed by atoms with Gasteiger partial charge in [-0.3, -0.25) is 9.69 Å². The summed E-state index contributed by atoms with van der Waals surface area (Å²) < 4.78 is 5.98. The Morgan fingerprint density at radius 3 is 2.54 bits per heavy atom. The Kier molecular flexibility index (Phi) is 5.37. The summed E-state index contributed by atoms with van der Waals surface area (Å²) in [7, 11) is 0. The van der Waals surface area contributed by atoms with E-state index in [0.29, 0.717) is 44.6 Å². The number of nitrogens with zero attached hydrogens (tertiary/aromatic N) is 1. The predicted molar refractivity (Wildman–Crippen MR) is 111 cm³/mol. The number of carbonyl (C=O) groups is 1. The molecule has 2 aromatic carbocycles. The average Bonchev–Trinajstić information content (AvgIpc) is 2.99. The smallest absolute Gasteiger partial charge is 0.232 e. The number of ether oxygens (including phenoxy) is 1. The second-order valence-corrected chi connectivity index (χ2v) is 8.12. The third-order valence-electron chi connectivity index (χ3n) is 5.33. The van der Waals surface area contributed by atoms with E-state index in [1.54, 1.807) is 37.3 Å². The molecule has 0 saturated carbocycles. The van der Waals surface area contributed by atoms with Crippen LogP contribution in [0.15, 0.2) is 30.0 Å². The fourth-order valence-corrected chi connectivity index (χ4v) is 4.36. The quantitative estimate of drug-likeness (QED) is 0.659. The highest BCUT2D eigenvalue weighted by Gasteiger charge is 2.34. The van der Waals surface area contributed by atoms with Crippen LogP contribution >= 0.6 is 23.2 Å². The number of rotatable bonds is 3. The number of aromatic hydroxyl groups is 1. The summed E-state index contributed by atoms with van der Waals surface area (Å²) in [5.74, 6) is 0.552. The maximum Gasteiger partial charge on any atom is 0.232 e. The Hall–Kier alpha value is -2.01. The van der Waals surface area contributed by atoms with Gasteiger partial charge >= 0.3 is 0 Å². The van der Waals surface area contributed by atoms with Crippen LogP contribution in [-0.4, -0.2) is 28.9 Å². The minimum Gasteiger partial charge on any atom is -0.507 e. The fraction of sp³-hybridized carbons (Fsp3) is 0.318. The average molecular weight is 418 g/mol. The van der Waals surface area contributed by atoms with Crippen LogP contribution in [0, 0.1) is 6.92 Å². The number of benzene rings is 2. The lowest BCUT2D eigenvalue weighted by atomic mass is 9.98. The lowest BCUT2D eigenvalue weighted by molar-refractivity contribution is 0.101. The number of carbonyl (C=O) groups excluding carboxylic acids is 1. The SMILES string of the molecule is Cc1cc(O)c(CN2CCCCC2)c2c1C(=O)/C(=C/c1c(Cl)cccc1Cl)O2. The van der Waals surface area contributed by atoms with E-state index in [1.807, 2.05) is 0 Å². The number of Topliss-reactive ketones (excluding diaryl/α,β-unsaturated/α-hetero) is 1. The number of phenols is 1. The lowest BCUT2D eigenvalue weighted by Gasteiger charge is -2.27. The van der Waals surface area contributed by atoms with Gasteiger partial charge in [0, 0.05) is 22.2 Å². The molecule has 4 nitrogen and oxygen atoms in total. The van der Waals surface area contributed by atoms with Gasteiger partial charge in [0.1, 0.15) is 11.5 Å². The number of phenolic OH excluding ortho intramolecular Hbond substituents is 1. The van der Waals surface area contributed by atoms with Gasteiger partial charge in [0.05, 0.1) is 11.1 Å². The zero-order valence-electron chi connectivity index (χ0n) is 15.6. The highest BCUT2D eigenvalue weighted by molar-refractivity contribution is 6.37. The van der Waals surface area contributed by atoms with E-state index in [4.69, 9.17) is 27.9 Å². The molecule has 2 aromatic rings. The van der Waals surface area contributed by atoms with Crippen molar-refractivity contribution in [2.45, 2.75) is 32.7 Å². The highest BCUT2D eigenvalue weighted by Crippen LogP contribution is 2.43. The van der Waals surface area contributed by atoms with Crippen molar-refractivity contribution in [1.82, 2.24) is 4.90 Å². The second kappa shape index (κ2) is 7.78. The van der Waals surface area contributed by atoms with Gasteiger partial charge in [-0.25, -0.2) is 0 Å². The number of halogens is 2. The van der Waals surface area contributed by atoms with Crippen LogP contribution in [0.2, 0.25) is 10.0 Å². The molecule has 6 heteroatoms. The van der Waals surface area contributed by atoms with Gasteiger partial charge in [0.25, 0.3) is 0 Å². The summed E-state index contributed by atoms with van der Waals surface area (Å²) in [6, 6.07) is 6.82. The van der Waals surface area contributed by atoms with Crippen LogP contribution in [-0.2, 0) is 6.54 Å². The molecule has 146 valence electrons. The Morgan fingerprint density at radius 2 is 1.86 bits per heavy atom. The number of likely N-dealkylation sites (tertiary alicyclic amines) is 1. The molecule has 0 unspecified atom stereocenters. The summed E-state index contributed by atoms with van der Waals surface area (Å²) in [5.41, 5.74) is 2.39. The van der Waals surface area contributed by atoms with E-state index in [0.717, 1.165) is 25.9 Å². The normalized spacial score (nSPS) is 18.4. The summed E-state index contributed by atoms with van der Waals surface area (Å²) in [5, 5.41) is 11.4. The van der Waals surface area contributed by atoms with Crippen molar-refractivity contribution in [2.24, 2.45) is 0 Å². The third kappa shape index (κ3) is 3.52. The van der Waals surface area contributed by atoms with Crippen LogP contribution in [0.1, 0.15) is 46.3 Å². The molecular formula is C22H21Cl2NO3. The second-order valence-electron chi connectivity index (χ2n) is 7.31. The standard InChI is InChI=1S/C22H21Cl2NO3/c1-13-10-18(26)15(12-25-8-3-2-4-9-25)22-20(13)21(27)19(28-22)11-14-16(23)6-5-7-17(14)24/h5-7,10-11,26H,2-4,8-9,12H2,1H3/b19-11-. The van der Waals surface area contributed by atoms with Gasteiger partial charge < -0.3 is 9.84 Å². The molecule has 0 spiro atoms. The van der Waals surface area contributed by atoms with Crippen molar-refractivity contribution in [3.05, 3.63) is 62.3 Å². The first-order chi connectivity index (χ1) is 13.5. The van der Waals surface area contributed by atoms with E-state index < -0.39 is 0 Å². The first-order valence-electron chi connectivity index (χ1n) is 9.41. The molecule has 4 rings (SSSR count). The number of aryl methyl sites for hydroxylation is 1. The molecule has 0 amide bonds. The number of piperidine rings is 1. The lowest BCUT2D eigenvalue weighted by Crippen LogP contribution is -2.29. The maximum absolute atomic E-state index is 13.0. The summed E-state index contributed by atoms with van der Waals surface area (Å²) in [4.78, 5) is 15.3. The number of hydrogen-bond donors (Lipinski definition) is 1. The Labute approximate surface area is 174 Å². The van der Waals surface area contributed by atoms with Crippen molar-refractivity contribution in [3.8, 4) is 11.5 Å². The molecule has 0 bridgehead atoms. The number of allylic oxidation sites excluding steroid dienone is 1. The van der Waals surface area contributed by atoms with Crippen LogP contribution < -0.4 is 4.74 Å². The maximum atomic E-state index is 13.0. The number of ketones is 1.